The van der Waals surface area contributed by atoms with Crippen LogP contribution in [0.3, 0.4) is 0 Å². The highest BCUT2D eigenvalue weighted by molar-refractivity contribution is 7.97. The molecular formula is C14H25N3O3S. The van der Waals surface area contributed by atoms with E-state index in [1.54, 1.807) is 11.2 Å². The van der Waals surface area contributed by atoms with Gasteiger partial charge in [0, 0.05) is 19.7 Å². The van der Waals surface area contributed by atoms with Crippen LogP contribution in [-0.2, 0) is 14.4 Å². The lowest BCUT2D eigenvalue weighted by Crippen LogP contribution is -2.57. The largest absolute Gasteiger partial charge is 0.344 e. The molecule has 1 saturated heterocycles. The van der Waals surface area contributed by atoms with Gasteiger partial charge in [0.25, 0.3) is 5.91 Å². The first-order valence-corrected chi connectivity index (χ1v) is 8.31. The van der Waals surface area contributed by atoms with Crippen molar-refractivity contribution in [3.8, 4) is 0 Å². The van der Waals surface area contributed by atoms with Crippen molar-refractivity contribution in [2.24, 2.45) is 5.41 Å². The van der Waals surface area contributed by atoms with Crippen LogP contribution in [0.5, 0.6) is 0 Å². The summed E-state index contributed by atoms with van der Waals surface area (Å²) in [6.07, 6.45) is 3.23. The van der Waals surface area contributed by atoms with Gasteiger partial charge in [-0.1, -0.05) is 32.7 Å². The molecule has 1 heterocycles. The number of nitrogens with one attached hydrogen (secondary N) is 2. The van der Waals surface area contributed by atoms with Crippen molar-refractivity contribution in [3.63, 3.8) is 0 Å². The van der Waals surface area contributed by atoms with Gasteiger partial charge in [-0.05, 0) is 18.3 Å². The molecule has 21 heavy (non-hydrogen) atoms. The average molecular weight is 315 g/mol. The van der Waals surface area contributed by atoms with Crippen LogP contribution in [0.15, 0.2) is 0 Å². The van der Waals surface area contributed by atoms with E-state index in [0.29, 0.717) is 13.0 Å². The van der Waals surface area contributed by atoms with Gasteiger partial charge < -0.3 is 10.2 Å². The maximum Gasteiger partial charge on any atom is 0.252 e. The van der Waals surface area contributed by atoms with Gasteiger partial charge in [-0.3, -0.25) is 19.1 Å². The van der Waals surface area contributed by atoms with Crippen LogP contribution in [0.2, 0.25) is 0 Å². The Balaban J connectivity index is 2.91. The van der Waals surface area contributed by atoms with E-state index in [0.717, 1.165) is 6.42 Å². The van der Waals surface area contributed by atoms with E-state index in [2.05, 4.69) is 10.0 Å². The lowest BCUT2D eigenvalue weighted by molar-refractivity contribution is -0.143. The van der Waals surface area contributed by atoms with Crippen LogP contribution < -0.4 is 10.0 Å². The molecule has 6 nitrogen and oxygen atoms in total. The van der Waals surface area contributed by atoms with E-state index in [1.165, 1.54) is 18.9 Å². The third-order valence-corrected chi connectivity index (χ3v) is 3.91. The number of nitrogens with zero attached hydrogens (tertiary/aromatic N) is 1. The summed E-state index contributed by atoms with van der Waals surface area (Å²) in [5.41, 5.74) is -0.411. The number of carbonyl (C=O) groups excluding carboxylic acids is 3. The second-order valence-electron chi connectivity index (χ2n) is 6.36. The molecule has 2 unspecified atom stereocenters. The molecule has 120 valence electrons. The standard InChI is InChI=1S/C14H25N3O3S/c1-9(18)15-11(14(2,3)4)13(20)17-8-6-7-10(17)12(19)16-21-5/h10-11H,6-8H2,1-5H3,(H,15,18)(H,16,19). The van der Waals surface area contributed by atoms with Crippen LogP contribution in [0.1, 0.15) is 40.5 Å². The summed E-state index contributed by atoms with van der Waals surface area (Å²) in [6, 6.07) is -1.07. The second kappa shape index (κ2) is 7.15. The van der Waals surface area contributed by atoms with Crippen molar-refractivity contribution in [2.45, 2.75) is 52.6 Å². The molecule has 0 aliphatic carbocycles. The van der Waals surface area contributed by atoms with Gasteiger partial charge >= 0.3 is 0 Å². The van der Waals surface area contributed by atoms with E-state index in [4.69, 9.17) is 0 Å². The van der Waals surface area contributed by atoms with Crippen molar-refractivity contribution >= 4 is 29.7 Å². The Kier molecular flexibility index (Phi) is 6.07. The van der Waals surface area contributed by atoms with Gasteiger partial charge in [0.05, 0.1) is 0 Å². The summed E-state index contributed by atoms with van der Waals surface area (Å²) in [5.74, 6) is -0.576. The van der Waals surface area contributed by atoms with E-state index in [1.807, 2.05) is 20.8 Å². The molecule has 1 rings (SSSR count). The van der Waals surface area contributed by atoms with Crippen LogP contribution in [0, 0.1) is 5.41 Å². The van der Waals surface area contributed by atoms with Gasteiger partial charge in [-0.25, -0.2) is 0 Å². The zero-order valence-corrected chi connectivity index (χ0v) is 14.2. The monoisotopic (exact) mass is 315 g/mol. The third-order valence-electron chi connectivity index (χ3n) is 3.50. The molecule has 0 radical (unpaired) electrons. The van der Waals surface area contributed by atoms with Crippen molar-refractivity contribution in [2.75, 3.05) is 12.8 Å². The minimum absolute atomic E-state index is 0.149. The summed E-state index contributed by atoms with van der Waals surface area (Å²) in [6.45, 7) is 7.65. The SMILES string of the molecule is CSNC(=O)C1CCCN1C(=O)C(NC(C)=O)C(C)(C)C. The fourth-order valence-corrected chi connectivity index (χ4v) is 2.83. The molecule has 7 heteroatoms. The van der Waals surface area contributed by atoms with Crippen molar-refractivity contribution in [1.29, 1.82) is 0 Å². The Morgan fingerprint density at radius 2 is 1.90 bits per heavy atom. The number of likely N-dealkylation sites (tertiary alicyclic amines) is 1. The molecule has 1 aliphatic rings. The van der Waals surface area contributed by atoms with Crippen LogP contribution >= 0.6 is 11.9 Å². The van der Waals surface area contributed by atoms with Gasteiger partial charge in [-0.2, -0.15) is 0 Å². The molecule has 0 spiro atoms. The molecule has 0 saturated carbocycles. The summed E-state index contributed by atoms with van der Waals surface area (Å²) in [7, 11) is 0. The Morgan fingerprint density at radius 1 is 1.29 bits per heavy atom. The fourth-order valence-electron chi connectivity index (χ4n) is 2.49. The smallest absolute Gasteiger partial charge is 0.252 e. The number of amides is 3. The van der Waals surface area contributed by atoms with E-state index >= 15 is 0 Å². The zero-order chi connectivity index (χ0) is 16.2. The molecular weight excluding hydrogens is 290 g/mol. The first-order chi connectivity index (χ1) is 9.68. The predicted molar refractivity (Wildman–Crippen MR) is 83.5 cm³/mol. The lowest BCUT2D eigenvalue weighted by atomic mass is 9.85. The molecule has 1 aliphatic heterocycles. The molecule has 3 amide bonds. The van der Waals surface area contributed by atoms with E-state index in [-0.39, 0.29) is 17.7 Å². The molecule has 0 bridgehead atoms. The summed E-state index contributed by atoms with van der Waals surface area (Å²) in [4.78, 5) is 37.8. The van der Waals surface area contributed by atoms with Crippen molar-refractivity contribution in [3.05, 3.63) is 0 Å². The number of carbonyl (C=O) groups is 3. The second-order valence-corrected chi connectivity index (χ2v) is 6.97. The van der Waals surface area contributed by atoms with Gasteiger partial charge in [-0.15, -0.1) is 0 Å². The summed E-state index contributed by atoms with van der Waals surface area (Å²) < 4.78 is 2.69. The maximum absolute atomic E-state index is 12.8. The highest BCUT2D eigenvalue weighted by atomic mass is 32.2. The minimum Gasteiger partial charge on any atom is -0.344 e. The summed E-state index contributed by atoms with van der Waals surface area (Å²) >= 11 is 1.23. The first kappa shape index (κ1) is 17.8. The number of hydrogen-bond donors (Lipinski definition) is 2. The van der Waals surface area contributed by atoms with Crippen LogP contribution in [0.4, 0.5) is 0 Å². The van der Waals surface area contributed by atoms with Crippen molar-refractivity contribution < 1.29 is 14.4 Å². The zero-order valence-electron chi connectivity index (χ0n) is 13.4. The van der Waals surface area contributed by atoms with E-state index in [9.17, 15) is 14.4 Å². The number of hydrogen-bond acceptors (Lipinski definition) is 4. The highest BCUT2D eigenvalue weighted by Gasteiger charge is 2.41. The molecule has 0 aromatic rings. The van der Waals surface area contributed by atoms with E-state index < -0.39 is 17.5 Å². The van der Waals surface area contributed by atoms with Crippen LogP contribution in [0.25, 0.3) is 0 Å². The lowest BCUT2D eigenvalue weighted by Gasteiger charge is -2.35. The van der Waals surface area contributed by atoms with Gasteiger partial charge in [0.1, 0.15) is 12.1 Å². The predicted octanol–water partition coefficient (Wildman–Crippen LogP) is 0.922. The Morgan fingerprint density at radius 3 is 2.38 bits per heavy atom. The molecule has 0 aromatic carbocycles. The Bertz CT molecular complexity index is 420. The average Bonchev–Trinajstić information content (AvgIpc) is 2.83. The van der Waals surface area contributed by atoms with Crippen molar-refractivity contribution in [1.82, 2.24) is 14.9 Å². The molecule has 2 N–H and O–H groups in total. The Hall–Kier alpha value is -1.24. The molecule has 2 atom stereocenters. The minimum atomic E-state index is -0.627. The van der Waals surface area contributed by atoms with Gasteiger partial charge in [0.15, 0.2) is 0 Å². The summed E-state index contributed by atoms with van der Waals surface area (Å²) in [5, 5.41) is 2.72. The molecule has 0 aromatic heterocycles. The maximum atomic E-state index is 12.8. The fraction of sp³-hybridized carbons (Fsp3) is 0.786. The third kappa shape index (κ3) is 4.62. The first-order valence-electron chi connectivity index (χ1n) is 7.09. The Labute approximate surface area is 130 Å². The van der Waals surface area contributed by atoms with Gasteiger partial charge in [0.2, 0.25) is 11.8 Å². The quantitative estimate of drug-likeness (QED) is 0.756. The van der Waals surface area contributed by atoms with Crippen LogP contribution in [-0.4, -0.2) is 47.5 Å². The normalized spacial score (nSPS) is 20.0. The molecule has 1 fully saturated rings. The number of rotatable bonds is 4. The topological polar surface area (TPSA) is 78.5 Å². The highest BCUT2D eigenvalue weighted by Crippen LogP contribution is 2.26.